The quantitative estimate of drug-likeness (QED) is 0.205. The minimum absolute atomic E-state index is 0.0453. The number of Topliss-reactive ketones (excluding diaryl/α,β-unsaturated/α-hetero) is 1. The average molecular weight is 562 g/mol. The number of carbonyl (C=O) groups excluding carboxylic acids is 1. The van der Waals surface area contributed by atoms with E-state index in [-0.39, 0.29) is 5.78 Å². The number of rotatable bonds is 7. The molecule has 5 aromatic rings. The summed E-state index contributed by atoms with van der Waals surface area (Å²) in [6.07, 6.45) is 3.94. The van der Waals surface area contributed by atoms with Gasteiger partial charge in [-0.05, 0) is 84.0 Å². The van der Waals surface area contributed by atoms with E-state index in [0.29, 0.717) is 24.9 Å². The molecule has 0 bridgehead atoms. The molecule has 0 aliphatic carbocycles. The Morgan fingerprint density at radius 3 is 2.74 bits per heavy atom. The van der Waals surface area contributed by atoms with Gasteiger partial charge in [0.2, 0.25) is 0 Å². The first-order valence-corrected chi connectivity index (χ1v) is 12.2. The standard InChI is InChI=1S/C27H23IN4O2/c1-17(33)4-11-26(34)21-7-6-20(14-22(21)28)24-9-10-25-27(31-24)32(16-30-25)15-18-5-8-23-19(13-18)3-2-12-29-23/h2-3,5-10,12-14,16-17,33H,4,11,15H2,1H3/t17-/m0/s1. The molecule has 1 atom stereocenters. The number of imidazole rings is 1. The number of fused-ring (bicyclic) bond motifs is 2. The molecule has 7 heteroatoms. The van der Waals surface area contributed by atoms with Gasteiger partial charge in [-0.2, -0.15) is 0 Å². The highest BCUT2D eigenvalue weighted by Crippen LogP contribution is 2.26. The van der Waals surface area contributed by atoms with Crippen LogP contribution in [0.3, 0.4) is 0 Å². The van der Waals surface area contributed by atoms with Crippen molar-refractivity contribution in [2.24, 2.45) is 0 Å². The lowest BCUT2D eigenvalue weighted by atomic mass is 10.0. The molecule has 5 rings (SSSR count). The van der Waals surface area contributed by atoms with E-state index in [1.165, 1.54) is 0 Å². The van der Waals surface area contributed by atoms with Crippen LogP contribution in [-0.2, 0) is 6.54 Å². The highest BCUT2D eigenvalue weighted by Gasteiger charge is 2.14. The minimum Gasteiger partial charge on any atom is -0.393 e. The van der Waals surface area contributed by atoms with Gasteiger partial charge in [-0.25, -0.2) is 9.97 Å². The van der Waals surface area contributed by atoms with Gasteiger partial charge in [0.1, 0.15) is 5.52 Å². The first-order valence-electron chi connectivity index (χ1n) is 11.1. The van der Waals surface area contributed by atoms with Crippen LogP contribution < -0.4 is 0 Å². The minimum atomic E-state index is -0.479. The highest BCUT2D eigenvalue weighted by molar-refractivity contribution is 14.1. The summed E-state index contributed by atoms with van der Waals surface area (Å²) in [5.41, 5.74) is 6.25. The summed E-state index contributed by atoms with van der Waals surface area (Å²) in [5.74, 6) is 0.0453. The third kappa shape index (κ3) is 4.71. The zero-order valence-corrected chi connectivity index (χ0v) is 20.8. The summed E-state index contributed by atoms with van der Waals surface area (Å²) in [6.45, 7) is 2.36. The number of ketones is 1. The molecule has 0 aliphatic heterocycles. The molecule has 6 nitrogen and oxygen atoms in total. The molecular weight excluding hydrogens is 539 g/mol. The Labute approximate surface area is 210 Å². The number of hydrogen-bond donors (Lipinski definition) is 1. The van der Waals surface area contributed by atoms with E-state index in [0.717, 1.165) is 42.5 Å². The predicted octanol–water partition coefficient (Wildman–Crippen LogP) is 5.64. The van der Waals surface area contributed by atoms with Gasteiger partial charge in [0.05, 0.1) is 30.2 Å². The lowest BCUT2D eigenvalue weighted by molar-refractivity contribution is 0.0948. The van der Waals surface area contributed by atoms with Crippen molar-refractivity contribution in [3.63, 3.8) is 0 Å². The largest absolute Gasteiger partial charge is 0.393 e. The van der Waals surface area contributed by atoms with E-state index in [1.807, 2.05) is 48.8 Å². The van der Waals surface area contributed by atoms with E-state index in [9.17, 15) is 9.90 Å². The molecule has 0 saturated carbocycles. The van der Waals surface area contributed by atoms with Crippen molar-refractivity contribution in [3.05, 3.63) is 87.9 Å². The van der Waals surface area contributed by atoms with Gasteiger partial charge in [-0.3, -0.25) is 9.78 Å². The van der Waals surface area contributed by atoms with E-state index in [2.05, 4.69) is 55.3 Å². The Morgan fingerprint density at radius 2 is 1.91 bits per heavy atom. The Hall–Kier alpha value is -3.17. The maximum Gasteiger partial charge on any atom is 0.164 e. The molecule has 3 aromatic heterocycles. The van der Waals surface area contributed by atoms with Crippen LogP contribution in [0.25, 0.3) is 33.3 Å². The summed E-state index contributed by atoms with van der Waals surface area (Å²) in [7, 11) is 0. The van der Waals surface area contributed by atoms with Crippen LogP contribution in [-0.4, -0.2) is 36.5 Å². The number of aliphatic hydroxyl groups is 1. The van der Waals surface area contributed by atoms with Gasteiger partial charge in [-0.1, -0.05) is 18.2 Å². The monoisotopic (exact) mass is 562 g/mol. The molecule has 0 radical (unpaired) electrons. The molecule has 34 heavy (non-hydrogen) atoms. The van der Waals surface area contributed by atoms with Crippen LogP contribution in [0.15, 0.2) is 73.2 Å². The van der Waals surface area contributed by atoms with Crippen LogP contribution >= 0.6 is 22.6 Å². The Kier molecular flexibility index (Phi) is 6.38. The fraction of sp³-hybridized carbons (Fsp3) is 0.185. The highest BCUT2D eigenvalue weighted by atomic mass is 127. The fourth-order valence-electron chi connectivity index (χ4n) is 4.01. The van der Waals surface area contributed by atoms with E-state index >= 15 is 0 Å². The summed E-state index contributed by atoms with van der Waals surface area (Å²) >= 11 is 2.20. The summed E-state index contributed by atoms with van der Waals surface area (Å²) in [5, 5.41) is 10.6. The van der Waals surface area contributed by atoms with E-state index < -0.39 is 6.10 Å². The molecule has 170 valence electrons. The van der Waals surface area contributed by atoms with Gasteiger partial charge in [-0.15, -0.1) is 0 Å². The Balaban J connectivity index is 1.43. The van der Waals surface area contributed by atoms with Crippen molar-refractivity contribution in [1.82, 2.24) is 19.5 Å². The Morgan fingerprint density at radius 1 is 1.06 bits per heavy atom. The van der Waals surface area contributed by atoms with E-state index in [1.54, 1.807) is 13.1 Å². The smallest absolute Gasteiger partial charge is 0.164 e. The maximum absolute atomic E-state index is 12.5. The average Bonchev–Trinajstić information content (AvgIpc) is 3.24. The van der Waals surface area contributed by atoms with Gasteiger partial charge in [0.15, 0.2) is 11.4 Å². The molecule has 0 unspecified atom stereocenters. The molecule has 0 fully saturated rings. The zero-order chi connectivity index (χ0) is 23.7. The first-order chi connectivity index (χ1) is 16.5. The van der Waals surface area contributed by atoms with Gasteiger partial charge in [0, 0.05) is 32.7 Å². The third-order valence-electron chi connectivity index (χ3n) is 5.84. The van der Waals surface area contributed by atoms with Crippen LogP contribution in [0.1, 0.15) is 35.7 Å². The SMILES string of the molecule is C[C@H](O)CCC(=O)c1ccc(-c2ccc3ncn(Cc4ccc5ncccc5c4)c3n2)cc1I. The number of hydrogen-bond acceptors (Lipinski definition) is 5. The van der Waals surface area contributed by atoms with Crippen molar-refractivity contribution >= 4 is 50.4 Å². The molecule has 3 heterocycles. The van der Waals surface area contributed by atoms with Crippen molar-refractivity contribution in [3.8, 4) is 11.3 Å². The second-order valence-electron chi connectivity index (χ2n) is 8.45. The van der Waals surface area contributed by atoms with Crippen LogP contribution in [0.4, 0.5) is 0 Å². The van der Waals surface area contributed by atoms with Crippen molar-refractivity contribution < 1.29 is 9.90 Å². The molecule has 0 saturated heterocycles. The molecule has 0 amide bonds. The van der Waals surface area contributed by atoms with Crippen molar-refractivity contribution in [2.75, 3.05) is 0 Å². The fourth-order valence-corrected chi connectivity index (χ4v) is 4.83. The predicted molar refractivity (Wildman–Crippen MR) is 142 cm³/mol. The second kappa shape index (κ2) is 9.60. The van der Waals surface area contributed by atoms with Crippen LogP contribution in [0.2, 0.25) is 0 Å². The van der Waals surface area contributed by atoms with Gasteiger partial charge in [0.25, 0.3) is 0 Å². The number of aromatic nitrogens is 4. The summed E-state index contributed by atoms with van der Waals surface area (Å²) in [4.78, 5) is 26.3. The zero-order valence-electron chi connectivity index (χ0n) is 18.6. The Bertz CT molecular complexity index is 1510. The topological polar surface area (TPSA) is 80.9 Å². The first kappa shape index (κ1) is 22.6. The molecular formula is C27H23IN4O2. The molecule has 1 N–H and O–H groups in total. The maximum atomic E-state index is 12.5. The summed E-state index contributed by atoms with van der Waals surface area (Å²) < 4.78 is 2.93. The lowest BCUT2D eigenvalue weighted by Gasteiger charge is -2.09. The summed E-state index contributed by atoms with van der Waals surface area (Å²) in [6, 6.07) is 20.0. The number of aliphatic hydroxyl groups excluding tert-OH is 1. The molecule has 2 aromatic carbocycles. The van der Waals surface area contributed by atoms with Crippen molar-refractivity contribution in [1.29, 1.82) is 0 Å². The number of nitrogens with zero attached hydrogens (tertiary/aromatic N) is 4. The number of benzene rings is 2. The lowest BCUT2D eigenvalue weighted by Crippen LogP contribution is -2.07. The number of pyridine rings is 2. The molecule has 0 aliphatic rings. The number of halogens is 1. The molecule has 0 spiro atoms. The van der Waals surface area contributed by atoms with Crippen LogP contribution in [0, 0.1) is 3.57 Å². The van der Waals surface area contributed by atoms with Crippen molar-refractivity contribution in [2.45, 2.75) is 32.4 Å². The van der Waals surface area contributed by atoms with Gasteiger partial charge < -0.3 is 9.67 Å². The third-order valence-corrected chi connectivity index (χ3v) is 6.73. The van der Waals surface area contributed by atoms with Gasteiger partial charge >= 0.3 is 0 Å². The van der Waals surface area contributed by atoms with Crippen LogP contribution in [0.5, 0.6) is 0 Å². The van der Waals surface area contributed by atoms with E-state index in [4.69, 9.17) is 4.98 Å². The normalized spacial score (nSPS) is 12.3. The second-order valence-corrected chi connectivity index (χ2v) is 9.61. The number of carbonyl (C=O) groups is 1.